The Hall–Kier alpha value is -2.92. The third-order valence-electron chi connectivity index (χ3n) is 4.52. The van der Waals surface area contributed by atoms with Crippen molar-refractivity contribution in [1.29, 1.82) is 0 Å². The van der Waals surface area contributed by atoms with E-state index in [0.29, 0.717) is 16.1 Å². The number of nitrogens with one attached hydrogen (secondary N) is 2. The Labute approximate surface area is 155 Å². The number of carbonyl (C=O) groups is 2. The van der Waals surface area contributed by atoms with E-state index in [1.54, 1.807) is 30.3 Å². The first-order valence-corrected chi connectivity index (χ1v) is 9.46. The number of hydrogen-bond donors (Lipinski definition) is 2. The van der Waals surface area contributed by atoms with Crippen molar-refractivity contribution in [2.75, 3.05) is 10.6 Å². The van der Waals surface area contributed by atoms with Crippen LogP contribution in [0.25, 0.3) is 0 Å². The Morgan fingerprint density at radius 3 is 2.54 bits per heavy atom. The summed E-state index contributed by atoms with van der Waals surface area (Å²) in [7, 11) is 0. The van der Waals surface area contributed by atoms with Crippen LogP contribution in [-0.2, 0) is 12.8 Å². The van der Waals surface area contributed by atoms with E-state index in [9.17, 15) is 9.59 Å². The quantitative estimate of drug-likeness (QED) is 0.704. The van der Waals surface area contributed by atoms with E-state index in [1.807, 2.05) is 23.6 Å². The molecule has 0 spiro atoms. The van der Waals surface area contributed by atoms with Crippen LogP contribution in [0.5, 0.6) is 0 Å². The average molecular weight is 362 g/mol. The zero-order valence-electron chi connectivity index (χ0n) is 14.1. The van der Waals surface area contributed by atoms with E-state index in [-0.39, 0.29) is 11.8 Å². The molecule has 0 radical (unpaired) electrons. The highest BCUT2D eigenvalue weighted by molar-refractivity contribution is 7.12. The van der Waals surface area contributed by atoms with Gasteiger partial charge in [-0.3, -0.25) is 9.59 Å². The van der Waals surface area contributed by atoms with Gasteiger partial charge in [0.2, 0.25) is 0 Å². The van der Waals surface area contributed by atoms with Crippen LogP contribution in [0.15, 0.2) is 60.0 Å². The minimum Gasteiger partial charge on any atom is -0.322 e. The zero-order valence-corrected chi connectivity index (χ0v) is 14.9. The molecule has 0 fully saturated rings. The normalized spacial score (nSPS) is 12.5. The number of amides is 2. The minimum atomic E-state index is -0.231. The van der Waals surface area contributed by atoms with Crippen LogP contribution in [0.4, 0.5) is 11.4 Å². The molecule has 2 amide bonds. The van der Waals surface area contributed by atoms with Crippen LogP contribution < -0.4 is 10.6 Å². The summed E-state index contributed by atoms with van der Waals surface area (Å²) in [4.78, 5) is 25.7. The van der Waals surface area contributed by atoms with Crippen molar-refractivity contribution in [3.8, 4) is 0 Å². The maximum absolute atomic E-state index is 12.7. The summed E-state index contributed by atoms with van der Waals surface area (Å²) < 4.78 is 0. The molecule has 0 aliphatic heterocycles. The van der Waals surface area contributed by atoms with Gasteiger partial charge in [0.25, 0.3) is 11.8 Å². The first kappa shape index (κ1) is 16.5. The molecule has 4 rings (SSSR count). The Morgan fingerprint density at radius 2 is 1.69 bits per heavy atom. The number of benzene rings is 2. The maximum Gasteiger partial charge on any atom is 0.265 e. The lowest BCUT2D eigenvalue weighted by molar-refractivity contribution is 0.102. The Morgan fingerprint density at radius 1 is 0.846 bits per heavy atom. The van der Waals surface area contributed by atoms with Crippen LogP contribution in [0, 0.1) is 0 Å². The molecule has 0 bridgehead atoms. The topological polar surface area (TPSA) is 58.2 Å². The van der Waals surface area contributed by atoms with Gasteiger partial charge < -0.3 is 10.6 Å². The second kappa shape index (κ2) is 7.14. The molecule has 2 aromatic carbocycles. The fourth-order valence-electron chi connectivity index (χ4n) is 3.23. The molecule has 2 N–H and O–H groups in total. The fraction of sp³-hybridized carbons (Fsp3) is 0.143. The summed E-state index contributed by atoms with van der Waals surface area (Å²) in [6.45, 7) is 0. The van der Waals surface area contributed by atoms with Gasteiger partial charge in [-0.15, -0.1) is 11.3 Å². The number of rotatable bonds is 4. The van der Waals surface area contributed by atoms with E-state index in [1.165, 1.54) is 28.9 Å². The van der Waals surface area contributed by atoms with Gasteiger partial charge in [-0.05, 0) is 66.1 Å². The number of para-hydroxylation sites is 1. The molecule has 26 heavy (non-hydrogen) atoms. The van der Waals surface area contributed by atoms with E-state index < -0.39 is 0 Å². The first-order chi connectivity index (χ1) is 12.7. The van der Waals surface area contributed by atoms with Gasteiger partial charge in [-0.2, -0.15) is 0 Å². The van der Waals surface area contributed by atoms with Gasteiger partial charge in [0.15, 0.2) is 0 Å². The molecule has 0 saturated carbocycles. The summed E-state index contributed by atoms with van der Waals surface area (Å²) >= 11 is 1.37. The van der Waals surface area contributed by atoms with Crippen LogP contribution >= 0.6 is 11.3 Å². The first-order valence-electron chi connectivity index (χ1n) is 8.58. The van der Waals surface area contributed by atoms with Crippen molar-refractivity contribution in [3.63, 3.8) is 0 Å². The largest absolute Gasteiger partial charge is 0.322 e. The lowest BCUT2D eigenvalue weighted by atomic mass is 10.1. The smallest absolute Gasteiger partial charge is 0.265 e. The van der Waals surface area contributed by atoms with Crippen molar-refractivity contribution < 1.29 is 9.59 Å². The van der Waals surface area contributed by atoms with Crippen LogP contribution in [0.3, 0.4) is 0 Å². The highest BCUT2D eigenvalue weighted by atomic mass is 32.1. The third-order valence-corrected chi connectivity index (χ3v) is 5.39. The second-order valence-electron chi connectivity index (χ2n) is 6.27. The molecular weight excluding hydrogens is 344 g/mol. The van der Waals surface area contributed by atoms with Crippen LogP contribution in [0.1, 0.15) is 37.6 Å². The number of fused-ring (bicyclic) bond motifs is 1. The van der Waals surface area contributed by atoms with E-state index in [4.69, 9.17) is 0 Å². The molecule has 130 valence electrons. The standard InChI is InChI=1S/C21H18N2O2S/c24-20(22-16-11-10-14-5-3-6-15(14)13-16)17-7-1-2-8-18(17)23-21(25)19-9-4-12-26-19/h1-2,4,7-13H,3,5-6H2,(H,22,24)(H,23,25). The van der Waals surface area contributed by atoms with Gasteiger partial charge in [-0.1, -0.05) is 24.3 Å². The second-order valence-corrected chi connectivity index (χ2v) is 7.22. The third kappa shape index (κ3) is 3.39. The number of aryl methyl sites for hydroxylation is 2. The van der Waals surface area contributed by atoms with Gasteiger partial charge >= 0.3 is 0 Å². The van der Waals surface area contributed by atoms with E-state index >= 15 is 0 Å². The summed E-state index contributed by atoms with van der Waals surface area (Å²) in [6.07, 6.45) is 3.35. The van der Waals surface area contributed by atoms with Gasteiger partial charge in [0.1, 0.15) is 0 Å². The number of thiophene rings is 1. The van der Waals surface area contributed by atoms with Crippen molar-refractivity contribution in [2.45, 2.75) is 19.3 Å². The monoisotopic (exact) mass is 362 g/mol. The lowest BCUT2D eigenvalue weighted by Crippen LogP contribution is -2.17. The number of hydrogen-bond acceptors (Lipinski definition) is 3. The lowest BCUT2D eigenvalue weighted by Gasteiger charge is -2.12. The summed E-state index contributed by atoms with van der Waals surface area (Å²) in [6, 6.07) is 16.7. The molecular formula is C21H18N2O2S. The Bertz CT molecular complexity index is 964. The van der Waals surface area contributed by atoms with Crippen LogP contribution in [0.2, 0.25) is 0 Å². The van der Waals surface area contributed by atoms with Crippen molar-refractivity contribution in [3.05, 3.63) is 81.5 Å². The molecule has 1 aliphatic carbocycles. The Kier molecular flexibility index (Phi) is 4.54. The highest BCUT2D eigenvalue weighted by Crippen LogP contribution is 2.26. The predicted octanol–water partition coefficient (Wildman–Crippen LogP) is 4.74. The fourth-order valence-corrected chi connectivity index (χ4v) is 3.85. The molecule has 3 aromatic rings. The molecule has 0 atom stereocenters. The molecule has 5 heteroatoms. The number of carbonyl (C=O) groups excluding carboxylic acids is 2. The van der Waals surface area contributed by atoms with Crippen molar-refractivity contribution in [2.24, 2.45) is 0 Å². The zero-order chi connectivity index (χ0) is 17.9. The van der Waals surface area contributed by atoms with Gasteiger partial charge in [0, 0.05) is 5.69 Å². The van der Waals surface area contributed by atoms with E-state index in [2.05, 4.69) is 16.7 Å². The van der Waals surface area contributed by atoms with E-state index in [0.717, 1.165) is 18.5 Å². The summed E-state index contributed by atoms with van der Waals surface area (Å²) in [5.74, 6) is -0.442. The number of anilines is 2. The molecule has 0 unspecified atom stereocenters. The average Bonchev–Trinajstić information content (AvgIpc) is 3.33. The van der Waals surface area contributed by atoms with Gasteiger partial charge in [0.05, 0.1) is 16.1 Å². The molecule has 1 heterocycles. The minimum absolute atomic E-state index is 0.210. The maximum atomic E-state index is 12.7. The van der Waals surface area contributed by atoms with Crippen LogP contribution in [-0.4, -0.2) is 11.8 Å². The molecule has 1 aromatic heterocycles. The summed E-state index contributed by atoms with van der Waals surface area (Å²) in [5, 5.41) is 7.63. The molecule has 1 aliphatic rings. The molecule has 0 saturated heterocycles. The van der Waals surface area contributed by atoms with Crippen molar-refractivity contribution in [1.82, 2.24) is 0 Å². The SMILES string of the molecule is O=C(Nc1ccccc1C(=O)Nc1ccc2c(c1)CCC2)c1cccs1. The highest BCUT2D eigenvalue weighted by Gasteiger charge is 2.16. The predicted molar refractivity (Wildman–Crippen MR) is 105 cm³/mol. The summed E-state index contributed by atoms with van der Waals surface area (Å²) in [5.41, 5.74) is 4.41. The Balaban J connectivity index is 1.54. The van der Waals surface area contributed by atoms with Gasteiger partial charge in [-0.25, -0.2) is 0 Å². The molecule has 4 nitrogen and oxygen atoms in total. The van der Waals surface area contributed by atoms with Crippen molar-refractivity contribution >= 4 is 34.5 Å².